The summed E-state index contributed by atoms with van der Waals surface area (Å²) in [6, 6.07) is 13.9. The molecule has 2 heterocycles. The fourth-order valence-electron chi connectivity index (χ4n) is 3.31. The number of fused-ring (bicyclic) bond motifs is 1. The number of carbonyl (C=O) groups is 1. The average molecular weight is 351 g/mol. The Morgan fingerprint density at radius 2 is 2.15 bits per heavy atom. The van der Waals surface area contributed by atoms with Crippen LogP contribution >= 0.6 is 0 Å². The molecule has 2 atom stereocenters. The van der Waals surface area contributed by atoms with Gasteiger partial charge >= 0.3 is 0 Å². The minimum Gasteiger partial charge on any atom is -0.494 e. The van der Waals surface area contributed by atoms with Crippen molar-refractivity contribution in [3.63, 3.8) is 0 Å². The van der Waals surface area contributed by atoms with Crippen LogP contribution in [0.25, 0.3) is 11.0 Å². The highest BCUT2D eigenvalue weighted by Crippen LogP contribution is 2.36. The molecule has 4 rings (SSSR count). The Morgan fingerprint density at radius 1 is 1.31 bits per heavy atom. The van der Waals surface area contributed by atoms with E-state index in [2.05, 4.69) is 16.9 Å². The molecule has 2 aromatic carbocycles. The van der Waals surface area contributed by atoms with E-state index in [9.17, 15) is 4.79 Å². The van der Waals surface area contributed by atoms with E-state index in [4.69, 9.17) is 9.47 Å². The normalized spacial score (nSPS) is 19.8. The number of aromatic amines is 1. The van der Waals surface area contributed by atoms with Gasteiger partial charge in [-0.25, -0.2) is 4.98 Å². The minimum absolute atomic E-state index is 0.0363. The van der Waals surface area contributed by atoms with Gasteiger partial charge in [0.25, 0.3) is 0 Å². The van der Waals surface area contributed by atoms with Gasteiger partial charge in [-0.2, -0.15) is 0 Å². The van der Waals surface area contributed by atoms with Gasteiger partial charge in [0, 0.05) is 5.69 Å². The Bertz CT molecular complexity index is 891. The number of ether oxygens (including phenoxy) is 2. The third kappa shape index (κ3) is 3.04. The van der Waals surface area contributed by atoms with Crippen molar-refractivity contribution in [1.29, 1.82) is 0 Å². The molecule has 0 bridgehead atoms. The van der Waals surface area contributed by atoms with E-state index < -0.39 is 6.23 Å². The maximum Gasteiger partial charge on any atom is 0.187 e. The van der Waals surface area contributed by atoms with Crippen LogP contribution in [0.3, 0.4) is 0 Å². The van der Waals surface area contributed by atoms with Crippen LogP contribution in [-0.4, -0.2) is 35.7 Å². The summed E-state index contributed by atoms with van der Waals surface area (Å²) >= 11 is 0. The smallest absolute Gasteiger partial charge is 0.187 e. The molecule has 0 aliphatic carbocycles. The molecule has 134 valence electrons. The van der Waals surface area contributed by atoms with Crippen LogP contribution in [0.5, 0.6) is 5.75 Å². The maximum absolute atomic E-state index is 11.5. The molecule has 6 nitrogen and oxygen atoms in total. The number of H-pyrrole nitrogens is 1. The van der Waals surface area contributed by atoms with Crippen LogP contribution in [0.1, 0.15) is 24.9 Å². The molecule has 0 spiro atoms. The van der Waals surface area contributed by atoms with Gasteiger partial charge in [0.05, 0.1) is 36.6 Å². The van der Waals surface area contributed by atoms with Crippen molar-refractivity contribution < 1.29 is 14.3 Å². The third-order valence-corrected chi connectivity index (χ3v) is 4.59. The molecule has 0 saturated carbocycles. The van der Waals surface area contributed by atoms with Crippen molar-refractivity contribution in [3.05, 3.63) is 54.4 Å². The van der Waals surface area contributed by atoms with Crippen LogP contribution in [-0.2, 0) is 9.53 Å². The molecule has 1 N–H and O–H groups in total. The van der Waals surface area contributed by atoms with Crippen molar-refractivity contribution in [3.8, 4) is 5.75 Å². The highest BCUT2D eigenvalue weighted by atomic mass is 16.5. The molecule has 1 unspecified atom stereocenters. The molecular formula is C20H21N3O3. The summed E-state index contributed by atoms with van der Waals surface area (Å²) in [7, 11) is 0. The Morgan fingerprint density at radius 3 is 2.92 bits per heavy atom. The van der Waals surface area contributed by atoms with Crippen LogP contribution < -0.4 is 9.64 Å². The zero-order chi connectivity index (χ0) is 17.9. The Balaban J connectivity index is 1.64. The van der Waals surface area contributed by atoms with E-state index >= 15 is 0 Å². The average Bonchev–Trinajstić information content (AvgIpc) is 3.32. The number of aldehydes is 1. The molecule has 26 heavy (non-hydrogen) atoms. The molecule has 3 aromatic rings. The van der Waals surface area contributed by atoms with Crippen molar-refractivity contribution in [2.45, 2.75) is 25.6 Å². The summed E-state index contributed by atoms with van der Waals surface area (Å²) < 4.78 is 11.4. The molecule has 0 radical (unpaired) electrons. The van der Waals surface area contributed by atoms with Crippen LogP contribution in [0.4, 0.5) is 5.69 Å². The van der Waals surface area contributed by atoms with Gasteiger partial charge in [0.2, 0.25) is 0 Å². The van der Waals surface area contributed by atoms with Gasteiger partial charge in [-0.1, -0.05) is 19.1 Å². The molecule has 0 amide bonds. The zero-order valence-corrected chi connectivity index (χ0v) is 14.6. The fourth-order valence-corrected chi connectivity index (χ4v) is 3.31. The largest absolute Gasteiger partial charge is 0.494 e. The molecule has 1 fully saturated rings. The van der Waals surface area contributed by atoms with Gasteiger partial charge in [-0.15, -0.1) is 0 Å². The van der Waals surface area contributed by atoms with Crippen LogP contribution in [0, 0.1) is 0 Å². The first-order valence-corrected chi connectivity index (χ1v) is 8.81. The van der Waals surface area contributed by atoms with Crippen LogP contribution in [0.15, 0.2) is 48.8 Å². The highest BCUT2D eigenvalue weighted by molar-refractivity contribution is 5.80. The van der Waals surface area contributed by atoms with Gasteiger partial charge in [-0.05, 0) is 42.3 Å². The lowest BCUT2D eigenvalue weighted by molar-refractivity contribution is -0.115. The SMILES string of the molecule is CCCOc1ccc([C@H]2COC(C=O)N2c2ccc3nc[nH]c3c2)cc1. The molecule has 1 aromatic heterocycles. The number of hydrogen-bond acceptors (Lipinski definition) is 5. The number of benzene rings is 2. The standard InChI is InChI=1S/C20H21N3O3/c1-2-9-25-16-6-3-14(4-7-16)19-12-26-20(11-24)23(19)15-5-8-17-18(10-15)22-13-21-17/h3-8,10-11,13,19-20H,2,9,12H2,1H3,(H,21,22)/t19-,20?/m1/s1. The second kappa shape index (κ2) is 7.17. The monoisotopic (exact) mass is 351 g/mol. The molecule has 1 aliphatic rings. The second-order valence-corrected chi connectivity index (χ2v) is 6.30. The molecule has 6 heteroatoms. The molecule has 1 aliphatic heterocycles. The second-order valence-electron chi connectivity index (χ2n) is 6.30. The van der Waals surface area contributed by atoms with Gasteiger partial charge < -0.3 is 19.4 Å². The molecular weight excluding hydrogens is 330 g/mol. The Hall–Kier alpha value is -2.86. The topological polar surface area (TPSA) is 67.5 Å². The van der Waals surface area contributed by atoms with E-state index in [1.165, 1.54) is 0 Å². The van der Waals surface area contributed by atoms with E-state index in [1.54, 1.807) is 6.33 Å². The lowest BCUT2D eigenvalue weighted by atomic mass is 10.1. The van der Waals surface area contributed by atoms with E-state index in [0.717, 1.165) is 40.7 Å². The van der Waals surface area contributed by atoms with Crippen LogP contribution in [0.2, 0.25) is 0 Å². The summed E-state index contributed by atoms with van der Waals surface area (Å²) in [5.74, 6) is 0.854. The number of nitrogens with one attached hydrogen (secondary N) is 1. The Kier molecular flexibility index (Phi) is 4.58. The van der Waals surface area contributed by atoms with E-state index in [-0.39, 0.29) is 6.04 Å². The van der Waals surface area contributed by atoms with Gasteiger partial charge in [0.1, 0.15) is 5.75 Å². The number of anilines is 1. The minimum atomic E-state index is -0.601. The highest BCUT2D eigenvalue weighted by Gasteiger charge is 2.35. The van der Waals surface area contributed by atoms with Crippen molar-refractivity contribution in [1.82, 2.24) is 9.97 Å². The number of rotatable bonds is 6. The quantitative estimate of drug-likeness (QED) is 0.689. The zero-order valence-electron chi connectivity index (χ0n) is 14.6. The predicted octanol–water partition coefficient (Wildman–Crippen LogP) is 3.45. The van der Waals surface area contributed by atoms with Crippen molar-refractivity contribution in [2.24, 2.45) is 0 Å². The van der Waals surface area contributed by atoms with E-state index in [1.807, 2.05) is 47.4 Å². The van der Waals surface area contributed by atoms with Crippen molar-refractivity contribution in [2.75, 3.05) is 18.1 Å². The number of carbonyl (C=O) groups excluding carboxylic acids is 1. The summed E-state index contributed by atoms with van der Waals surface area (Å²) in [4.78, 5) is 20.9. The van der Waals surface area contributed by atoms with Crippen molar-refractivity contribution >= 4 is 23.0 Å². The number of hydrogen-bond donors (Lipinski definition) is 1. The number of aromatic nitrogens is 2. The molecule has 1 saturated heterocycles. The van der Waals surface area contributed by atoms with E-state index in [0.29, 0.717) is 13.2 Å². The van der Waals surface area contributed by atoms with Gasteiger partial charge in [0.15, 0.2) is 12.5 Å². The third-order valence-electron chi connectivity index (χ3n) is 4.59. The first-order valence-electron chi connectivity index (χ1n) is 8.81. The number of nitrogens with zero attached hydrogens (tertiary/aromatic N) is 2. The van der Waals surface area contributed by atoms with Gasteiger partial charge in [-0.3, -0.25) is 4.79 Å². The summed E-state index contributed by atoms with van der Waals surface area (Å²) in [5, 5.41) is 0. The first-order chi connectivity index (χ1) is 12.8. The predicted molar refractivity (Wildman–Crippen MR) is 99.3 cm³/mol. The summed E-state index contributed by atoms with van der Waals surface area (Å²) in [6.07, 6.45) is 2.88. The number of imidazole rings is 1. The fraction of sp³-hybridized carbons (Fsp3) is 0.300. The Labute approximate surface area is 151 Å². The maximum atomic E-state index is 11.5. The lowest BCUT2D eigenvalue weighted by Gasteiger charge is -2.28. The lowest BCUT2D eigenvalue weighted by Crippen LogP contribution is -2.33. The summed E-state index contributed by atoms with van der Waals surface area (Å²) in [6.45, 7) is 3.24. The summed E-state index contributed by atoms with van der Waals surface area (Å²) in [5.41, 5.74) is 3.84. The first kappa shape index (κ1) is 16.6.